The van der Waals surface area contributed by atoms with Crippen LogP contribution in [0, 0.1) is 11.8 Å². The number of rotatable bonds is 6. The second-order valence-corrected chi connectivity index (χ2v) is 5.41. The van der Waals surface area contributed by atoms with Crippen LogP contribution in [0.1, 0.15) is 22.4 Å². The molecule has 0 aliphatic carbocycles. The molecule has 0 radical (unpaired) electrons. The molecule has 3 nitrogen and oxygen atoms in total. The molecule has 0 amide bonds. The minimum absolute atomic E-state index is 0.0684. The van der Waals surface area contributed by atoms with Crippen LogP contribution in [-0.4, -0.2) is 18.8 Å². The molecule has 0 unspecified atom stereocenters. The molecule has 1 heterocycles. The van der Waals surface area contributed by atoms with Crippen molar-refractivity contribution in [3.63, 3.8) is 0 Å². The number of methoxy groups -OCH3 is 1. The molecule has 0 bridgehead atoms. The second kappa shape index (κ2) is 8.48. The van der Waals surface area contributed by atoms with E-state index >= 15 is 0 Å². The summed E-state index contributed by atoms with van der Waals surface area (Å²) >= 11 is 1.69. The summed E-state index contributed by atoms with van der Waals surface area (Å²) in [4.78, 5) is 1.21. The molecule has 1 N–H and O–H groups in total. The third kappa shape index (κ3) is 4.91. The van der Waals surface area contributed by atoms with Crippen molar-refractivity contribution in [2.75, 3.05) is 13.7 Å². The first-order valence-corrected chi connectivity index (χ1v) is 7.58. The fourth-order valence-corrected chi connectivity index (χ4v) is 2.46. The zero-order chi connectivity index (χ0) is 14.9. The van der Waals surface area contributed by atoms with Gasteiger partial charge in [0.15, 0.2) is 0 Å². The Hall–Kier alpha value is -1.80. The molecule has 0 saturated heterocycles. The highest BCUT2D eigenvalue weighted by Gasteiger charge is 2.03. The lowest BCUT2D eigenvalue weighted by atomic mass is 10.1. The maximum atomic E-state index is 8.78. The van der Waals surface area contributed by atoms with Crippen LogP contribution in [0.2, 0.25) is 0 Å². The van der Waals surface area contributed by atoms with Crippen LogP contribution in [0.25, 0.3) is 0 Å². The van der Waals surface area contributed by atoms with Crippen molar-refractivity contribution >= 4 is 11.3 Å². The third-order valence-corrected chi connectivity index (χ3v) is 3.67. The summed E-state index contributed by atoms with van der Waals surface area (Å²) in [7, 11) is 1.62. The highest BCUT2D eigenvalue weighted by molar-refractivity contribution is 7.09. The summed E-state index contributed by atoms with van der Waals surface area (Å²) in [6.45, 7) is 1.23. The van der Waals surface area contributed by atoms with Gasteiger partial charge in [-0.15, -0.1) is 11.3 Å². The van der Waals surface area contributed by atoms with Gasteiger partial charge in [0.25, 0.3) is 0 Å². The van der Waals surface area contributed by atoms with Gasteiger partial charge in [-0.2, -0.15) is 0 Å². The summed E-state index contributed by atoms with van der Waals surface area (Å²) in [6.07, 6.45) is 0.461. The zero-order valence-corrected chi connectivity index (χ0v) is 12.8. The molecule has 0 saturated carbocycles. The highest BCUT2D eigenvalue weighted by atomic mass is 32.1. The Morgan fingerprint density at radius 3 is 2.86 bits per heavy atom. The maximum Gasteiger partial charge on any atom is 0.134 e. The Morgan fingerprint density at radius 2 is 2.14 bits per heavy atom. The molecule has 1 aromatic carbocycles. The van der Waals surface area contributed by atoms with Gasteiger partial charge in [0.1, 0.15) is 5.75 Å². The van der Waals surface area contributed by atoms with Crippen LogP contribution in [0.15, 0.2) is 35.7 Å². The van der Waals surface area contributed by atoms with E-state index in [0.717, 1.165) is 16.9 Å². The van der Waals surface area contributed by atoms with Crippen molar-refractivity contribution < 1.29 is 14.6 Å². The summed E-state index contributed by atoms with van der Waals surface area (Å²) in [6, 6.07) is 9.92. The molecule has 0 fully saturated rings. The number of benzene rings is 1. The number of hydrogen-bond donors (Lipinski definition) is 1. The molecule has 110 valence electrons. The van der Waals surface area contributed by atoms with E-state index in [1.165, 1.54) is 4.88 Å². The monoisotopic (exact) mass is 302 g/mol. The van der Waals surface area contributed by atoms with Crippen LogP contribution in [0.5, 0.6) is 5.75 Å². The van der Waals surface area contributed by atoms with Crippen molar-refractivity contribution in [3.05, 3.63) is 51.7 Å². The van der Waals surface area contributed by atoms with Crippen LogP contribution >= 0.6 is 11.3 Å². The van der Waals surface area contributed by atoms with Gasteiger partial charge in [-0.25, -0.2) is 0 Å². The quantitative estimate of drug-likeness (QED) is 0.833. The second-order valence-electron chi connectivity index (χ2n) is 4.38. The molecule has 4 heteroatoms. The smallest absolute Gasteiger partial charge is 0.134 e. The van der Waals surface area contributed by atoms with Gasteiger partial charge in [0, 0.05) is 11.3 Å². The molecule has 21 heavy (non-hydrogen) atoms. The zero-order valence-electron chi connectivity index (χ0n) is 12.0. The average Bonchev–Trinajstić information content (AvgIpc) is 3.01. The van der Waals surface area contributed by atoms with Crippen molar-refractivity contribution in [3.8, 4) is 17.6 Å². The largest absolute Gasteiger partial charge is 0.495 e. The first-order chi connectivity index (χ1) is 10.3. The lowest BCUT2D eigenvalue weighted by Crippen LogP contribution is -1.95. The summed E-state index contributed by atoms with van der Waals surface area (Å²) in [5.74, 6) is 6.67. The highest BCUT2D eigenvalue weighted by Crippen LogP contribution is 2.20. The lowest BCUT2D eigenvalue weighted by molar-refractivity contribution is 0.109. The number of ether oxygens (including phenoxy) is 2. The Kier molecular flexibility index (Phi) is 6.29. The Bertz CT molecular complexity index is 609. The summed E-state index contributed by atoms with van der Waals surface area (Å²) in [5.41, 5.74) is 1.88. The van der Waals surface area contributed by atoms with Gasteiger partial charge in [0.2, 0.25) is 0 Å². The molecule has 1 aromatic heterocycles. The van der Waals surface area contributed by atoms with Gasteiger partial charge in [0.05, 0.1) is 32.5 Å². The van der Waals surface area contributed by atoms with Crippen LogP contribution in [0.4, 0.5) is 0 Å². The third-order valence-electron chi connectivity index (χ3n) is 2.82. The summed E-state index contributed by atoms with van der Waals surface area (Å²) in [5, 5.41) is 10.8. The molecule has 2 rings (SSSR count). The molecule has 0 aliphatic rings. The molecular formula is C17H18O3S. The van der Waals surface area contributed by atoms with E-state index in [1.54, 1.807) is 18.4 Å². The van der Waals surface area contributed by atoms with Crippen LogP contribution in [-0.2, 0) is 18.0 Å². The van der Waals surface area contributed by atoms with E-state index in [4.69, 9.17) is 14.6 Å². The van der Waals surface area contributed by atoms with E-state index < -0.39 is 0 Å². The number of thiophene rings is 1. The van der Waals surface area contributed by atoms with Crippen molar-refractivity contribution in [1.82, 2.24) is 0 Å². The minimum Gasteiger partial charge on any atom is -0.495 e. The summed E-state index contributed by atoms with van der Waals surface area (Å²) < 4.78 is 11.0. The molecule has 0 atom stereocenters. The minimum atomic E-state index is 0.0684. The van der Waals surface area contributed by atoms with E-state index in [-0.39, 0.29) is 6.61 Å². The van der Waals surface area contributed by atoms with Gasteiger partial charge in [-0.1, -0.05) is 24.0 Å². The van der Waals surface area contributed by atoms with Gasteiger partial charge >= 0.3 is 0 Å². The maximum absolute atomic E-state index is 8.78. The molecular weight excluding hydrogens is 284 g/mol. The Balaban J connectivity index is 1.99. The van der Waals surface area contributed by atoms with Gasteiger partial charge < -0.3 is 14.6 Å². The Morgan fingerprint density at radius 1 is 1.24 bits per heavy atom. The molecule has 2 aromatic rings. The van der Waals surface area contributed by atoms with Gasteiger partial charge in [-0.05, 0) is 29.1 Å². The number of hydrogen-bond acceptors (Lipinski definition) is 4. The van der Waals surface area contributed by atoms with E-state index in [9.17, 15) is 0 Å². The van der Waals surface area contributed by atoms with Crippen molar-refractivity contribution in [1.29, 1.82) is 0 Å². The first-order valence-electron chi connectivity index (χ1n) is 6.70. The standard InChI is InChI=1S/C17H18O3S/c1-19-17-8-7-14(11-15(17)5-2-3-9-18)12-20-13-16-6-4-10-21-16/h4,6-8,10-11,18H,3,9,12-13H2,1H3. The average molecular weight is 302 g/mol. The fraction of sp³-hybridized carbons (Fsp3) is 0.294. The Labute approximate surface area is 129 Å². The van der Waals surface area contributed by atoms with E-state index in [0.29, 0.717) is 19.6 Å². The fourth-order valence-electron chi connectivity index (χ4n) is 1.82. The number of aliphatic hydroxyl groups excluding tert-OH is 1. The van der Waals surface area contributed by atoms with Crippen LogP contribution < -0.4 is 4.74 Å². The molecule has 0 aliphatic heterocycles. The predicted octanol–water partition coefficient (Wildman–Crippen LogP) is 3.21. The van der Waals surface area contributed by atoms with Gasteiger partial charge in [-0.3, -0.25) is 0 Å². The lowest BCUT2D eigenvalue weighted by Gasteiger charge is -2.07. The predicted molar refractivity (Wildman–Crippen MR) is 84.4 cm³/mol. The normalized spacial score (nSPS) is 10.0. The number of aliphatic hydroxyl groups is 1. The van der Waals surface area contributed by atoms with E-state index in [2.05, 4.69) is 17.9 Å². The molecule has 0 spiro atoms. The van der Waals surface area contributed by atoms with Crippen molar-refractivity contribution in [2.45, 2.75) is 19.6 Å². The first kappa shape index (κ1) is 15.6. The van der Waals surface area contributed by atoms with E-state index in [1.807, 2.05) is 29.6 Å². The van der Waals surface area contributed by atoms with Crippen LogP contribution in [0.3, 0.4) is 0 Å². The topological polar surface area (TPSA) is 38.7 Å². The van der Waals surface area contributed by atoms with Crippen molar-refractivity contribution in [2.24, 2.45) is 0 Å². The SMILES string of the molecule is COc1ccc(COCc2cccs2)cc1C#CCCO.